The summed E-state index contributed by atoms with van der Waals surface area (Å²) in [5, 5.41) is 2.92. The fourth-order valence-corrected chi connectivity index (χ4v) is 3.38. The van der Waals surface area contributed by atoms with Crippen molar-refractivity contribution in [1.29, 1.82) is 0 Å². The fourth-order valence-electron chi connectivity index (χ4n) is 3.38. The summed E-state index contributed by atoms with van der Waals surface area (Å²) in [7, 11) is 0. The second kappa shape index (κ2) is 7.56. The van der Waals surface area contributed by atoms with Crippen molar-refractivity contribution in [2.24, 2.45) is 5.92 Å². The summed E-state index contributed by atoms with van der Waals surface area (Å²) in [5.41, 5.74) is 2.35. The van der Waals surface area contributed by atoms with Crippen LogP contribution in [0.25, 0.3) is 0 Å². The monoisotopic (exact) mass is 353 g/mol. The molecular weight excluding hydrogens is 330 g/mol. The molecule has 1 N–H and O–H groups in total. The lowest BCUT2D eigenvalue weighted by molar-refractivity contribution is -0.117. The van der Waals surface area contributed by atoms with Crippen LogP contribution in [-0.2, 0) is 16.1 Å². The van der Waals surface area contributed by atoms with Crippen LogP contribution in [0.5, 0.6) is 0 Å². The second-order valence-electron chi connectivity index (χ2n) is 6.58. The van der Waals surface area contributed by atoms with Crippen LogP contribution in [0, 0.1) is 5.92 Å². The molecule has 2 aromatic rings. The molecule has 26 heavy (non-hydrogen) atoms. The van der Waals surface area contributed by atoms with Crippen LogP contribution in [0.2, 0.25) is 0 Å². The Morgan fingerprint density at radius 1 is 1.15 bits per heavy atom. The van der Waals surface area contributed by atoms with E-state index in [1.54, 1.807) is 24.1 Å². The van der Waals surface area contributed by atoms with Gasteiger partial charge in [0, 0.05) is 25.1 Å². The number of carbonyl (C=O) groups is 2. The number of aromatic nitrogens is 1. The van der Waals surface area contributed by atoms with Crippen molar-refractivity contribution in [1.82, 2.24) is 10.3 Å². The van der Waals surface area contributed by atoms with Gasteiger partial charge in [0.1, 0.15) is 6.61 Å². The molecule has 0 radical (unpaired) electrons. The summed E-state index contributed by atoms with van der Waals surface area (Å²) in [4.78, 5) is 30.6. The maximum Gasteiger partial charge on any atom is 0.408 e. The minimum absolute atomic E-state index is 0.00873. The van der Waals surface area contributed by atoms with Gasteiger partial charge in [0.15, 0.2) is 0 Å². The molecular formula is C20H23N3O3. The first-order valence-electron chi connectivity index (χ1n) is 8.71. The molecule has 1 aliphatic rings. The van der Waals surface area contributed by atoms with Gasteiger partial charge in [0.2, 0.25) is 5.91 Å². The highest BCUT2D eigenvalue weighted by Gasteiger charge is 2.39. The molecule has 0 bridgehead atoms. The number of rotatable bonds is 3. The largest absolute Gasteiger partial charge is 0.445 e. The van der Waals surface area contributed by atoms with Crippen molar-refractivity contribution in [2.45, 2.75) is 39.5 Å². The number of fused-ring (bicyclic) bond motifs is 1. The number of hydrogen-bond acceptors (Lipinski definition) is 4. The molecule has 1 aromatic heterocycles. The quantitative estimate of drug-likeness (QED) is 0.917. The Bertz CT molecular complexity index is 794. The first kappa shape index (κ1) is 17.9. The van der Waals surface area contributed by atoms with Crippen molar-refractivity contribution < 1.29 is 14.3 Å². The van der Waals surface area contributed by atoms with Gasteiger partial charge in [-0.2, -0.15) is 0 Å². The normalized spacial score (nSPS) is 21.7. The zero-order chi connectivity index (χ0) is 18.7. The molecule has 6 nitrogen and oxygen atoms in total. The minimum Gasteiger partial charge on any atom is -0.445 e. The zero-order valence-electron chi connectivity index (χ0n) is 15.2. The molecule has 0 aliphatic carbocycles. The zero-order valence-corrected chi connectivity index (χ0v) is 15.2. The van der Waals surface area contributed by atoms with Gasteiger partial charge in [0.05, 0.1) is 17.4 Å². The van der Waals surface area contributed by atoms with Gasteiger partial charge in [-0.25, -0.2) is 4.79 Å². The molecule has 3 unspecified atom stereocenters. The van der Waals surface area contributed by atoms with Crippen molar-refractivity contribution in [3.63, 3.8) is 0 Å². The van der Waals surface area contributed by atoms with Crippen LogP contribution in [0.15, 0.2) is 48.7 Å². The summed E-state index contributed by atoms with van der Waals surface area (Å²) in [6.07, 6.45) is 1.18. The number of alkyl carbamates (subject to hydrolysis) is 1. The fraction of sp³-hybridized carbons (Fsp3) is 0.350. The summed E-state index contributed by atoms with van der Waals surface area (Å²) in [5.74, 6) is -0.0470. The maximum absolute atomic E-state index is 12.3. The Balaban J connectivity index is 1.77. The predicted octanol–water partition coefficient (Wildman–Crippen LogP) is 3.44. The highest BCUT2D eigenvalue weighted by molar-refractivity contribution is 5.93. The van der Waals surface area contributed by atoms with E-state index in [1.807, 2.05) is 50.2 Å². The summed E-state index contributed by atoms with van der Waals surface area (Å²) >= 11 is 0. The Morgan fingerprint density at radius 3 is 2.58 bits per heavy atom. The van der Waals surface area contributed by atoms with Gasteiger partial charge < -0.3 is 15.0 Å². The van der Waals surface area contributed by atoms with Crippen molar-refractivity contribution >= 4 is 17.7 Å². The number of amides is 2. The summed E-state index contributed by atoms with van der Waals surface area (Å²) in [6, 6.07) is 12.8. The van der Waals surface area contributed by atoms with Crippen LogP contribution in [0.4, 0.5) is 10.5 Å². The first-order valence-corrected chi connectivity index (χ1v) is 8.71. The van der Waals surface area contributed by atoms with Gasteiger partial charge in [0.25, 0.3) is 0 Å². The van der Waals surface area contributed by atoms with E-state index in [1.165, 1.54) is 0 Å². The third kappa shape index (κ3) is 3.54. The summed E-state index contributed by atoms with van der Waals surface area (Å²) in [6.45, 7) is 5.73. The van der Waals surface area contributed by atoms with Gasteiger partial charge in [-0.3, -0.25) is 9.78 Å². The highest BCUT2D eigenvalue weighted by atomic mass is 16.5. The van der Waals surface area contributed by atoms with E-state index in [4.69, 9.17) is 4.74 Å². The van der Waals surface area contributed by atoms with Crippen LogP contribution in [0.3, 0.4) is 0 Å². The van der Waals surface area contributed by atoms with E-state index in [0.29, 0.717) is 5.69 Å². The molecule has 0 fully saturated rings. The van der Waals surface area contributed by atoms with E-state index in [2.05, 4.69) is 10.3 Å². The van der Waals surface area contributed by atoms with Gasteiger partial charge >= 0.3 is 6.09 Å². The standard InChI is InChI=1S/C20H23N3O3/c1-13-14(2)23(15(3)24)17-10-7-11-21-19(17)18(13)22-20(25)26-12-16-8-5-4-6-9-16/h4-11,13-14,18H,12H2,1-3H3,(H,22,25). The lowest BCUT2D eigenvalue weighted by Gasteiger charge is -2.42. The van der Waals surface area contributed by atoms with E-state index in [9.17, 15) is 9.59 Å². The highest BCUT2D eigenvalue weighted by Crippen LogP contribution is 2.39. The third-order valence-corrected chi connectivity index (χ3v) is 4.89. The molecule has 0 saturated heterocycles. The molecule has 2 heterocycles. The topological polar surface area (TPSA) is 71.5 Å². The average molecular weight is 353 g/mol. The number of ether oxygens (including phenoxy) is 1. The Morgan fingerprint density at radius 2 is 1.88 bits per heavy atom. The lowest BCUT2D eigenvalue weighted by Crippen LogP contribution is -2.51. The predicted molar refractivity (Wildman–Crippen MR) is 98.5 cm³/mol. The third-order valence-electron chi connectivity index (χ3n) is 4.89. The summed E-state index contributed by atoms with van der Waals surface area (Å²) < 4.78 is 5.35. The molecule has 6 heteroatoms. The van der Waals surface area contributed by atoms with E-state index in [-0.39, 0.29) is 30.5 Å². The Hall–Kier alpha value is -2.89. The van der Waals surface area contributed by atoms with Gasteiger partial charge in [-0.15, -0.1) is 0 Å². The van der Waals surface area contributed by atoms with E-state index >= 15 is 0 Å². The molecule has 3 atom stereocenters. The van der Waals surface area contributed by atoms with Crippen molar-refractivity contribution in [3.05, 3.63) is 59.9 Å². The second-order valence-corrected chi connectivity index (χ2v) is 6.58. The molecule has 1 aliphatic heterocycles. The molecule has 1 aromatic carbocycles. The minimum atomic E-state index is -0.495. The number of nitrogens with one attached hydrogen (secondary N) is 1. The molecule has 0 saturated carbocycles. The van der Waals surface area contributed by atoms with Crippen LogP contribution < -0.4 is 10.2 Å². The lowest BCUT2D eigenvalue weighted by atomic mass is 9.85. The number of anilines is 1. The molecule has 3 rings (SSSR count). The number of nitrogens with zero attached hydrogens (tertiary/aromatic N) is 2. The Labute approximate surface area is 153 Å². The SMILES string of the molecule is CC(=O)N1c2cccnc2C(NC(=O)OCc2ccccc2)C(C)C1C. The average Bonchev–Trinajstić information content (AvgIpc) is 2.64. The van der Waals surface area contributed by atoms with Gasteiger partial charge in [-0.1, -0.05) is 37.3 Å². The molecule has 136 valence electrons. The number of benzene rings is 1. The van der Waals surface area contributed by atoms with E-state index in [0.717, 1.165) is 11.3 Å². The maximum atomic E-state index is 12.3. The smallest absolute Gasteiger partial charge is 0.408 e. The number of pyridine rings is 1. The van der Waals surface area contributed by atoms with Gasteiger partial charge in [-0.05, 0) is 24.6 Å². The first-order chi connectivity index (χ1) is 12.5. The van der Waals surface area contributed by atoms with E-state index < -0.39 is 6.09 Å². The number of hydrogen-bond donors (Lipinski definition) is 1. The molecule has 0 spiro atoms. The van der Waals surface area contributed by atoms with Crippen molar-refractivity contribution in [3.8, 4) is 0 Å². The van der Waals surface area contributed by atoms with Crippen LogP contribution in [0.1, 0.15) is 38.1 Å². The van der Waals surface area contributed by atoms with Crippen LogP contribution >= 0.6 is 0 Å². The Kier molecular flexibility index (Phi) is 5.21. The van der Waals surface area contributed by atoms with Crippen LogP contribution in [-0.4, -0.2) is 23.0 Å². The molecule has 2 amide bonds. The number of carbonyl (C=O) groups excluding carboxylic acids is 2. The van der Waals surface area contributed by atoms with Crippen molar-refractivity contribution in [2.75, 3.05) is 4.90 Å².